The lowest BCUT2D eigenvalue weighted by molar-refractivity contribution is 0.0851. The molecule has 1 N–H and O–H groups in total. The highest BCUT2D eigenvalue weighted by molar-refractivity contribution is 8.01. The molecule has 1 aliphatic rings. The second-order valence-electron chi connectivity index (χ2n) is 4.36. The molecule has 1 fully saturated rings. The van der Waals surface area contributed by atoms with E-state index in [9.17, 15) is 0 Å². The summed E-state index contributed by atoms with van der Waals surface area (Å²) in [5.74, 6) is 0. The van der Waals surface area contributed by atoms with Crippen LogP contribution in [0.2, 0.25) is 0 Å². The molecular formula is C13H16N2OS2. The van der Waals surface area contributed by atoms with Crippen molar-refractivity contribution in [1.82, 2.24) is 10.3 Å². The van der Waals surface area contributed by atoms with Crippen LogP contribution in [0.25, 0.3) is 10.2 Å². The molecule has 18 heavy (non-hydrogen) atoms. The van der Waals surface area contributed by atoms with Crippen molar-refractivity contribution in [2.75, 3.05) is 20.3 Å². The van der Waals surface area contributed by atoms with Crippen molar-refractivity contribution in [1.29, 1.82) is 0 Å². The minimum Gasteiger partial charge on any atom is -0.380 e. The van der Waals surface area contributed by atoms with Crippen molar-refractivity contribution in [2.24, 2.45) is 0 Å². The molecule has 0 saturated carbocycles. The molecule has 3 rings (SSSR count). The van der Waals surface area contributed by atoms with Gasteiger partial charge in [0.1, 0.15) is 0 Å². The molecule has 1 aromatic carbocycles. The van der Waals surface area contributed by atoms with E-state index >= 15 is 0 Å². The smallest absolute Gasteiger partial charge is 0.151 e. The Morgan fingerprint density at radius 2 is 2.33 bits per heavy atom. The largest absolute Gasteiger partial charge is 0.380 e. The lowest BCUT2D eigenvalue weighted by Crippen LogP contribution is -2.42. The monoisotopic (exact) mass is 280 g/mol. The Morgan fingerprint density at radius 1 is 1.44 bits per heavy atom. The number of nitrogens with zero attached hydrogens (tertiary/aromatic N) is 1. The van der Waals surface area contributed by atoms with Crippen LogP contribution >= 0.6 is 23.1 Å². The lowest BCUT2D eigenvalue weighted by Gasteiger charge is -2.29. The van der Waals surface area contributed by atoms with E-state index in [-0.39, 0.29) is 0 Å². The number of para-hydroxylation sites is 1. The fourth-order valence-electron chi connectivity index (χ4n) is 2.19. The number of hydrogen-bond donors (Lipinski definition) is 1. The van der Waals surface area contributed by atoms with Gasteiger partial charge in [0.05, 0.1) is 22.1 Å². The molecule has 0 bridgehead atoms. The summed E-state index contributed by atoms with van der Waals surface area (Å²) >= 11 is 3.61. The summed E-state index contributed by atoms with van der Waals surface area (Å²) in [6.07, 6.45) is 1.08. The zero-order valence-corrected chi connectivity index (χ0v) is 11.9. The first-order chi connectivity index (χ1) is 8.86. The van der Waals surface area contributed by atoms with E-state index in [0.717, 1.165) is 29.5 Å². The summed E-state index contributed by atoms with van der Waals surface area (Å²) in [5, 5.41) is 3.85. The summed E-state index contributed by atoms with van der Waals surface area (Å²) in [6.45, 7) is 1.68. The van der Waals surface area contributed by atoms with Crippen molar-refractivity contribution in [2.45, 2.75) is 22.1 Å². The van der Waals surface area contributed by atoms with Crippen molar-refractivity contribution in [3.05, 3.63) is 24.3 Å². The highest BCUT2D eigenvalue weighted by Crippen LogP contribution is 2.34. The first-order valence-corrected chi connectivity index (χ1v) is 7.83. The second kappa shape index (κ2) is 5.57. The maximum atomic E-state index is 5.58. The Hall–Kier alpha value is -0.620. The molecular weight excluding hydrogens is 264 g/mol. The highest BCUT2D eigenvalue weighted by Gasteiger charge is 2.26. The van der Waals surface area contributed by atoms with Crippen molar-refractivity contribution in [3.63, 3.8) is 0 Å². The van der Waals surface area contributed by atoms with E-state index in [1.807, 2.05) is 24.9 Å². The molecule has 1 saturated heterocycles. The van der Waals surface area contributed by atoms with E-state index < -0.39 is 0 Å². The third-order valence-electron chi connectivity index (χ3n) is 3.20. The van der Waals surface area contributed by atoms with Gasteiger partial charge in [-0.1, -0.05) is 23.9 Å². The van der Waals surface area contributed by atoms with Gasteiger partial charge in [-0.05, 0) is 25.6 Å². The van der Waals surface area contributed by atoms with Gasteiger partial charge in [-0.3, -0.25) is 0 Å². The second-order valence-corrected chi connectivity index (χ2v) is 6.88. The normalized spacial score (nSPS) is 24.5. The molecule has 96 valence electrons. The molecule has 2 unspecified atom stereocenters. The molecule has 2 heterocycles. The highest BCUT2D eigenvalue weighted by atomic mass is 32.2. The summed E-state index contributed by atoms with van der Waals surface area (Å²) in [5.41, 5.74) is 1.10. The Morgan fingerprint density at radius 3 is 3.17 bits per heavy atom. The standard InChI is InChI=1S/C13H16N2OS2/c1-14-9-6-7-16-8-12(9)18-13-15-10-4-2-3-5-11(10)17-13/h2-5,9,12,14H,6-8H2,1H3. The topological polar surface area (TPSA) is 34.1 Å². The minimum atomic E-state index is 0.462. The van der Waals surface area contributed by atoms with Crippen molar-refractivity contribution < 1.29 is 4.74 Å². The third-order valence-corrected chi connectivity index (χ3v) is 5.63. The summed E-state index contributed by atoms with van der Waals surface area (Å²) in [4.78, 5) is 4.67. The molecule has 2 aromatic rings. The predicted octanol–water partition coefficient (Wildman–Crippen LogP) is 2.77. The Labute approximate surface area is 115 Å². The Bertz CT molecular complexity index is 495. The number of ether oxygens (including phenoxy) is 1. The molecule has 0 amide bonds. The van der Waals surface area contributed by atoms with Gasteiger partial charge in [0, 0.05) is 12.6 Å². The summed E-state index contributed by atoms with van der Waals surface area (Å²) in [6, 6.07) is 8.83. The fourth-order valence-corrected chi connectivity index (χ4v) is 4.73. The van der Waals surface area contributed by atoms with Crippen LogP contribution in [-0.4, -0.2) is 36.5 Å². The van der Waals surface area contributed by atoms with Crippen molar-refractivity contribution >= 4 is 33.3 Å². The Balaban J connectivity index is 1.78. The first-order valence-electron chi connectivity index (χ1n) is 6.14. The van der Waals surface area contributed by atoms with Crippen LogP contribution in [0.3, 0.4) is 0 Å². The van der Waals surface area contributed by atoms with Gasteiger partial charge in [0.25, 0.3) is 0 Å². The molecule has 5 heteroatoms. The number of aromatic nitrogens is 1. The molecule has 3 nitrogen and oxygen atoms in total. The van der Waals surface area contributed by atoms with Gasteiger partial charge in [0.2, 0.25) is 0 Å². The average Bonchev–Trinajstić information content (AvgIpc) is 2.81. The maximum absolute atomic E-state index is 5.58. The number of hydrogen-bond acceptors (Lipinski definition) is 5. The van der Waals surface area contributed by atoms with Crippen LogP contribution < -0.4 is 5.32 Å². The predicted molar refractivity (Wildman–Crippen MR) is 77.5 cm³/mol. The first kappa shape index (κ1) is 12.4. The van der Waals surface area contributed by atoms with E-state index in [1.165, 1.54) is 4.70 Å². The van der Waals surface area contributed by atoms with Crippen LogP contribution in [0.4, 0.5) is 0 Å². The minimum absolute atomic E-state index is 0.462. The Kier molecular flexibility index (Phi) is 3.84. The van der Waals surface area contributed by atoms with Crippen molar-refractivity contribution in [3.8, 4) is 0 Å². The van der Waals surface area contributed by atoms with E-state index in [1.54, 1.807) is 11.3 Å². The van der Waals surface area contributed by atoms with Crippen LogP contribution in [0.1, 0.15) is 6.42 Å². The van der Waals surface area contributed by atoms with Gasteiger partial charge in [-0.15, -0.1) is 11.3 Å². The van der Waals surface area contributed by atoms with Gasteiger partial charge in [-0.2, -0.15) is 0 Å². The summed E-state index contributed by atoms with van der Waals surface area (Å²) < 4.78 is 7.98. The third kappa shape index (κ3) is 2.54. The number of nitrogens with one attached hydrogen (secondary N) is 1. The molecule has 1 aromatic heterocycles. The SMILES string of the molecule is CNC1CCOCC1Sc1nc2ccccc2s1. The van der Waals surface area contributed by atoms with Gasteiger partial charge in [0.15, 0.2) is 4.34 Å². The molecule has 1 aliphatic heterocycles. The van der Waals surface area contributed by atoms with E-state index in [2.05, 4.69) is 28.5 Å². The maximum Gasteiger partial charge on any atom is 0.151 e. The molecule has 0 spiro atoms. The van der Waals surface area contributed by atoms with E-state index in [4.69, 9.17) is 4.74 Å². The zero-order valence-electron chi connectivity index (χ0n) is 10.3. The molecule has 0 aliphatic carbocycles. The van der Waals surface area contributed by atoms with Gasteiger partial charge in [-0.25, -0.2) is 4.98 Å². The molecule has 0 radical (unpaired) electrons. The fraction of sp³-hybridized carbons (Fsp3) is 0.462. The number of thiazole rings is 1. The van der Waals surface area contributed by atoms with Crippen LogP contribution in [-0.2, 0) is 4.74 Å². The number of rotatable bonds is 3. The van der Waals surface area contributed by atoms with Gasteiger partial charge < -0.3 is 10.1 Å². The lowest BCUT2D eigenvalue weighted by atomic mass is 10.1. The van der Waals surface area contributed by atoms with E-state index in [0.29, 0.717) is 11.3 Å². The number of fused-ring (bicyclic) bond motifs is 1. The van der Waals surface area contributed by atoms with Crippen LogP contribution in [0.15, 0.2) is 28.6 Å². The summed E-state index contributed by atoms with van der Waals surface area (Å²) in [7, 11) is 2.03. The average molecular weight is 280 g/mol. The quantitative estimate of drug-likeness (QED) is 0.937. The number of benzene rings is 1. The van der Waals surface area contributed by atoms with Gasteiger partial charge >= 0.3 is 0 Å². The molecule has 2 atom stereocenters. The van der Waals surface area contributed by atoms with Crippen LogP contribution in [0.5, 0.6) is 0 Å². The number of thioether (sulfide) groups is 1. The zero-order chi connectivity index (χ0) is 12.4. The van der Waals surface area contributed by atoms with Crippen LogP contribution in [0, 0.1) is 0 Å².